The van der Waals surface area contributed by atoms with Crippen LogP contribution in [0.5, 0.6) is 5.75 Å². The maximum Gasteiger partial charge on any atom is 0.343 e. The second kappa shape index (κ2) is 10.2. The van der Waals surface area contributed by atoms with E-state index in [0.29, 0.717) is 16.7 Å². The highest BCUT2D eigenvalue weighted by atomic mass is 32.1. The van der Waals surface area contributed by atoms with Gasteiger partial charge in [-0.2, -0.15) is 0 Å². The van der Waals surface area contributed by atoms with Gasteiger partial charge in [0, 0.05) is 27.6 Å². The molecule has 2 aliphatic rings. The molecule has 1 unspecified atom stereocenters. The molecular formula is C31H41NO5SSi. The fraction of sp³-hybridized carbons (Fsp3) is 0.548. The molecule has 5 rings (SSSR count). The van der Waals surface area contributed by atoms with Gasteiger partial charge in [-0.25, -0.2) is 4.79 Å². The number of thiophene rings is 1. The number of hydrogen-bond donors (Lipinski definition) is 0. The molecule has 1 fully saturated rings. The smallest absolute Gasteiger partial charge is 0.343 e. The number of nitrogens with zero attached hydrogens (tertiary/aromatic N) is 1. The Balaban J connectivity index is 1.66. The van der Waals surface area contributed by atoms with E-state index in [1.54, 1.807) is 20.2 Å². The third-order valence-electron chi connectivity index (χ3n) is 8.45. The number of benzene rings is 1. The monoisotopic (exact) mass is 567 g/mol. The average molecular weight is 568 g/mol. The van der Waals surface area contributed by atoms with Gasteiger partial charge in [0.2, 0.25) is 5.43 Å². The predicted octanol–water partition coefficient (Wildman–Crippen LogP) is 7.90. The number of pyridine rings is 1. The average Bonchev–Trinajstić information content (AvgIpc) is 3.61. The molecule has 2 aliphatic carbocycles. The van der Waals surface area contributed by atoms with Gasteiger partial charge in [0.1, 0.15) is 5.56 Å². The number of esters is 1. The summed E-state index contributed by atoms with van der Waals surface area (Å²) in [5.41, 5.74) is 3.48. The van der Waals surface area contributed by atoms with E-state index in [1.165, 1.54) is 10.4 Å². The van der Waals surface area contributed by atoms with E-state index >= 15 is 0 Å². The summed E-state index contributed by atoms with van der Waals surface area (Å²) in [6, 6.07) is 6.35. The van der Waals surface area contributed by atoms with Crippen LogP contribution in [-0.4, -0.2) is 32.6 Å². The SMILES string of the molecule is CCOC(=O)c1cn(C2CC2)c2c(OC)c(-c3cc4c(s3)CC(C)(C)CC4O[Si](C)(C)C(C)C)ccc2c1=O. The first-order chi connectivity index (χ1) is 18.4. The van der Waals surface area contributed by atoms with Gasteiger partial charge < -0.3 is 18.5 Å². The lowest BCUT2D eigenvalue weighted by Gasteiger charge is -2.40. The van der Waals surface area contributed by atoms with E-state index in [2.05, 4.69) is 51.4 Å². The maximum absolute atomic E-state index is 13.4. The first-order valence-electron chi connectivity index (χ1n) is 14.1. The van der Waals surface area contributed by atoms with Crippen LogP contribution in [0, 0.1) is 5.41 Å². The van der Waals surface area contributed by atoms with Crippen molar-refractivity contribution in [1.29, 1.82) is 0 Å². The van der Waals surface area contributed by atoms with Gasteiger partial charge in [-0.3, -0.25) is 4.79 Å². The molecule has 3 aromatic rings. The fourth-order valence-corrected chi connectivity index (χ4v) is 8.24. The summed E-state index contributed by atoms with van der Waals surface area (Å²) in [4.78, 5) is 28.5. The Hall–Kier alpha value is -2.42. The van der Waals surface area contributed by atoms with Crippen molar-refractivity contribution >= 4 is 36.5 Å². The number of rotatable bonds is 8. The Labute approximate surface area is 236 Å². The quantitative estimate of drug-likeness (QED) is 0.204. The van der Waals surface area contributed by atoms with Gasteiger partial charge in [0.05, 0.1) is 30.7 Å². The molecule has 6 nitrogen and oxygen atoms in total. The molecule has 1 saturated carbocycles. The minimum atomic E-state index is -1.86. The normalized spacial score (nSPS) is 18.8. The van der Waals surface area contributed by atoms with E-state index in [4.69, 9.17) is 13.9 Å². The highest BCUT2D eigenvalue weighted by molar-refractivity contribution is 7.15. The topological polar surface area (TPSA) is 66.8 Å². The first-order valence-corrected chi connectivity index (χ1v) is 17.9. The largest absolute Gasteiger partial charge is 0.494 e. The summed E-state index contributed by atoms with van der Waals surface area (Å²) < 4.78 is 20.2. The number of carbonyl (C=O) groups excluding carboxylic acids is 1. The summed E-state index contributed by atoms with van der Waals surface area (Å²) >= 11 is 1.81. The lowest BCUT2D eigenvalue weighted by atomic mass is 9.76. The standard InChI is InChI=1S/C31H41NO5SSi/c1-9-36-30(34)23-17-32(19-10-11-19)27-21(28(23)33)13-12-20(29(27)35-6)25-14-22-24(37-39(7,8)18(2)3)15-31(4,5)16-26(22)38-25/h12-14,17-19,24H,9-11,15-16H2,1-8H3. The van der Waals surface area contributed by atoms with E-state index in [-0.39, 0.29) is 35.2 Å². The van der Waals surface area contributed by atoms with Crippen LogP contribution in [0.1, 0.15) is 86.8 Å². The molecule has 2 aromatic heterocycles. The van der Waals surface area contributed by atoms with Crippen LogP contribution in [0.25, 0.3) is 21.3 Å². The third kappa shape index (κ3) is 5.23. The Morgan fingerprint density at radius 2 is 1.95 bits per heavy atom. The molecule has 0 spiro atoms. The summed E-state index contributed by atoms with van der Waals surface area (Å²) in [5, 5.41) is 0.487. The van der Waals surface area contributed by atoms with E-state index in [0.717, 1.165) is 41.6 Å². The molecule has 2 heterocycles. The Morgan fingerprint density at radius 1 is 1.23 bits per heavy atom. The summed E-state index contributed by atoms with van der Waals surface area (Å²) in [6.45, 7) is 15.8. The first kappa shape index (κ1) is 28.1. The molecule has 210 valence electrons. The molecular weight excluding hydrogens is 526 g/mol. The fourth-order valence-electron chi connectivity index (χ4n) is 5.53. The highest BCUT2D eigenvalue weighted by Crippen LogP contribution is 2.51. The van der Waals surface area contributed by atoms with Crippen molar-refractivity contribution in [2.75, 3.05) is 13.7 Å². The number of hydrogen-bond acceptors (Lipinski definition) is 6. The molecule has 0 saturated heterocycles. The molecule has 1 atom stereocenters. The zero-order valence-electron chi connectivity index (χ0n) is 24.5. The van der Waals surface area contributed by atoms with Crippen LogP contribution in [0.4, 0.5) is 0 Å². The van der Waals surface area contributed by atoms with Crippen LogP contribution in [0.15, 0.2) is 29.2 Å². The highest BCUT2D eigenvalue weighted by Gasteiger charge is 2.39. The second-order valence-electron chi connectivity index (χ2n) is 12.7. The van der Waals surface area contributed by atoms with Crippen LogP contribution in [-0.2, 0) is 15.6 Å². The molecule has 8 heteroatoms. The number of fused-ring (bicyclic) bond motifs is 2. The summed E-state index contributed by atoms with van der Waals surface area (Å²) in [7, 11) is -0.194. The summed E-state index contributed by atoms with van der Waals surface area (Å²) in [6.07, 6.45) is 5.79. The van der Waals surface area contributed by atoms with Gasteiger partial charge in [-0.15, -0.1) is 11.3 Å². The van der Waals surface area contributed by atoms with E-state index in [9.17, 15) is 9.59 Å². The zero-order chi connectivity index (χ0) is 28.3. The van der Waals surface area contributed by atoms with Crippen LogP contribution in [0.2, 0.25) is 18.6 Å². The van der Waals surface area contributed by atoms with Crippen molar-refractivity contribution in [3.63, 3.8) is 0 Å². The van der Waals surface area contributed by atoms with Crippen molar-refractivity contribution in [3.05, 3.63) is 50.6 Å². The Morgan fingerprint density at radius 3 is 2.56 bits per heavy atom. The van der Waals surface area contributed by atoms with Gasteiger partial charge in [-0.05, 0) is 80.4 Å². The van der Waals surface area contributed by atoms with Crippen LogP contribution >= 0.6 is 11.3 Å². The lowest BCUT2D eigenvalue weighted by molar-refractivity contribution is 0.0524. The molecule has 0 radical (unpaired) electrons. The van der Waals surface area contributed by atoms with Crippen molar-refractivity contribution in [2.45, 2.75) is 91.1 Å². The Kier molecular flexibility index (Phi) is 7.35. The van der Waals surface area contributed by atoms with Gasteiger partial charge in [0.15, 0.2) is 14.1 Å². The van der Waals surface area contributed by atoms with Crippen molar-refractivity contribution < 1.29 is 18.7 Å². The van der Waals surface area contributed by atoms with Gasteiger partial charge in [0.25, 0.3) is 0 Å². The predicted molar refractivity (Wildman–Crippen MR) is 161 cm³/mol. The minimum absolute atomic E-state index is 0.0804. The van der Waals surface area contributed by atoms with E-state index in [1.807, 2.05) is 23.5 Å². The second-order valence-corrected chi connectivity index (χ2v) is 18.4. The minimum Gasteiger partial charge on any atom is -0.494 e. The van der Waals surface area contributed by atoms with Crippen LogP contribution in [0.3, 0.4) is 0 Å². The number of carbonyl (C=O) groups is 1. The van der Waals surface area contributed by atoms with E-state index < -0.39 is 14.3 Å². The molecule has 0 bridgehead atoms. The number of methoxy groups -OCH3 is 1. The van der Waals surface area contributed by atoms with Gasteiger partial charge in [-0.1, -0.05) is 27.7 Å². The van der Waals surface area contributed by atoms with Crippen molar-refractivity contribution in [3.8, 4) is 16.2 Å². The number of ether oxygens (including phenoxy) is 2. The van der Waals surface area contributed by atoms with Gasteiger partial charge >= 0.3 is 5.97 Å². The third-order valence-corrected chi connectivity index (χ3v) is 13.3. The maximum atomic E-state index is 13.4. The van der Waals surface area contributed by atoms with Crippen molar-refractivity contribution in [2.24, 2.45) is 5.41 Å². The molecule has 0 amide bonds. The number of aromatic nitrogens is 1. The molecule has 1 aromatic carbocycles. The van der Waals surface area contributed by atoms with Crippen molar-refractivity contribution in [1.82, 2.24) is 4.57 Å². The molecule has 0 N–H and O–H groups in total. The molecule has 39 heavy (non-hydrogen) atoms. The molecule has 0 aliphatic heterocycles. The zero-order valence-corrected chi connectivity index (χ0v) is 26.3. The Bertz CT molecular complexity index is 1480. The summed E-state index contributed by atoms with van der Waals surface area (Å²) in [5.74, 6) is 0.105. The lowest BCUT2D eigenvalue weighted by Crippen LogP contribution is -2.38. The van der Waals surface area contributed by atoms with Crippen LogP contribution < -0.4 is 10.2 Å².